The van der Waals surface area contributed by atoms with E-state index in [1.807, 2.05) is 38.5 Å². The first-order valence-corrected chi connectivity index (χ1v) is 7.06. The Labute approximate surface area is 125 Å². The minimum absolute atomic E-state index is 0.344. The van der Waals surface area contributed by atoms with Crippen molar-refractivity contribution in [3.63, 3.8) is 0 Å². The van der Waals surface area contributed by atoms with Gasteiger partial charge in [0.05, 0.1) is 19.2 Å². The van der Waals surface area contributed by atoms with E-state index in [1.165, 1.54) is 0 Å². The van der Waals surface area contributed by atoms with E-state index in [4.69, 9.17) is 9.47 Å². The van der Waals surface area contributed by atoms with Crippen LogP contribution in [0.15, 0.2) is 24.4 Å². The van der Waals surface area contributed by atoms with Gasteiger partial charge in [-0.05, 0) is 51.2 Å². The largest absolute Gasteiger partial charge is 0.497 e. The fourth-order valence-electron chi connectivity index (χ4n) is 2.29. The molecule has 0 saturated carbocycles. The summed E-state index contributed by atoms with van der Waals surface area (Å²) in [5.41, 5.74) is 1.97. The number of nitrogens with zero attached hydrogens (tertiary/aromatic N) is 2. The van der Waals surface area contributed by atoms with E-state index in [9.17, 15) is 4.79 Å². The minimum Gasteiger partial charge on any atom is -0.497 e. The second-order valence-corrected chi connectivity index (χ2v) is 5.16. The fourth-order valence-corrected chi connectivity index (χ4v) is 2.29. The highest BCUT2D eigenvalue weighted by atomic mass is 16.5. The number of fused-ring (bicyclic) bond motifs is 1. The molecule has 0 N–H and O–H groups in total. The molecule has 1 heterocycles. The second-order valence-electron chi connectivity index (χ2n) is 5.16. The molecule has 0 amide bonds. The molecule has 5 nitrogen and oxygen atoms in total. The van der Waals surface area contributed by atoms with Gasteiger partial charge in [0.1, 0.15) is 5.75 Å². The molecule has 0 unspecified atom stereocenters. The fraction of sp³-hybridized carbons (Fsp3) is 0.438. The van der Waals surface area contributed by atoms with E-state index in [1.54, 1.807) is 18.6 Å². The molecule has 5 heteroatoms. The number of rotatable bonds is 5. The Morgan fingerprint density at radius 3 is 2.71 bits per heavy atom. The Balaban J connectivity index is 2.47. The van der Waals surface area contributed by atoms with Crippen molar-refractivity contribution < 1.29 is 14.3 Å². The maximum atomic E-state index is 12.1. The molecule has 0 aliphatic heterocycles. The van der Waals surface area contributed by atoms with Crippen LogP contribution in [0.4, 0.5) is 4.79 Å². The Bertz CT molecular complexity index is 632. The number of carbonyl (C=O) groups is 1. The van der Waals surface area contributed by atoms with Gasteiger partial charge in [-0.1, -0.05) is 0 Å². The lowest BCUT2D eigenvalue weighted by molar-refractivity contribution is 0.155. The van der Waals surface area contributed by atoms with E-state index in [2.05, 4.69) is 4.90 Å². The van der Waals surface area contributed by atoms with Crippen LogP contribution in [0, 0.1) is 0 Å². The number of likely N-dealkylation sites (N-methyl/N-ethyl adjacent to an activating group) is 1. The van der Waals surface area contributed by atoms with Crippen molar-refractivity contribution in [2.75, 3.05) is 34.4 Å². The van der Waals surface area contributed by atoms with Crippen LogP contribution in [-0.2, 0) is 11.2 Å². The molecule has 1 aromatic heterocycles. The molecule has 0 bridgehead atoms. The van der Waals surface area contributed by atoms with Crippen LogP contribution in [-0.4, -0.2) is 49.9 Å². The first-order chi connectivity index (χ1) is 10.1. The molecule has 2 rings (SSSR count). The number of ether oxygens (including phenoxy) is 2. The van der Waals surface area contributed by atoms with Crippen molar-refractivity contribution >= 4 is 17.0 Å². The van der Waals surface area contributed by atoms with Gasteiger partial charge in [0.15, 0.2) is 0 Å². The third-order valence-electron chi connectivity index (χ3n) is 3.39. The predicted molar refractivity (Wildman–Crippen MR) is 83.2 cm³/mol. The first-order valence-electron chi connectivity index (χ1n) is 7.06. The maximum Gasteiger partial charge on any atom is 0.418 e. The lowest BCUT2D eigenvalue weighted by atomic mass is 10.1. The summed E-state index contributed by atoms with van der Waals surface area (Å²) in [5.74, 6) is 0.787. The molecule has 0 radical (unpaired) electrons. The predicted octanol–water partition coefficient (Wildman–Crippen LogP) is 2.76. The number of methoxy groups -OCH3 is 1. The summed E-state index contributed by atoms with van der Waals surface area (Å²) in [6.45, 7) is 3.08. The molecule has 2 aromatic rings. The third kappa shape index (κ3) is 3.36. The Morgan fingerprint density at radius 1 is 1.33 bits per heavy atom. The quantitative estimate of drug-likeness (QED) is 0.849. The maximum absolute atomic E-state index is 12.1. The van der Waals surface area contributed by atoms with Crippen LogP contribution in [0.1, 0.15) is 12.5 Å². The van der Waals surface area contributed by atoms with Crippen LogP contribution in [0.2, 0.25) is 0 Å². The second kappa shape index (κ2) is 6.63. The van der Waals surface area contributed by atoms with Gasteiger partial charge in [-0.2, -0.15) is 0 Å². The smallest absolute Gasteiger partial charge is 0.418 e. The molecule has 0 spiro atoms. The molecular formula is C16H22N2O3. The average Bonchev–Trinajstić information content (AvgIpc) is 2.83. The van der Waals surface area contributed by atoms with Gasteiger partial charge >= 0.3 is 6.09 Å². The lowest BCUT2D eigenvalue weighted by Crippen LogP contribution is -2.15. The van der Waals surface area contributed by atoms with Gasteiger partial charge in [0, 0.05) is 18.1 Å². The third-order valence-corrected chi connectivity index (χ3v) is 3.39. The van der Waals surface area contributed by atoms with Crippen molar-refractivity contribution in [2.24, 2.45) is 0 Å². The summed E-state index contributed by atoms with van der Waals surface area (Å²) >= 11 is 0. The molecule has 114 valence electrons. The zero-order valence-corrected chi connectivity index (χ0v) is 13.0. The van der Waals surface area contributed by atoms with Gasteiger partial charge < -0.3 is 14.4 Å². The molecule has 0 saturated heterocycles. The molecule has 1 aromatic carbocycles. The standard InChI is InChI=1S/C16H22N2O3/c1-5-21-16(19)18-11-12(8-9-17(2)3)14-10-13(20-4)6-7-15(14)18/h6-7,10-11H,5,8-9H2,1-4H3. The number of benzene rings is 1. The van der Waals surface area contributed by atoms with E-state index in [-0.39, 0.29) is 6.09 Å². The molecule has 0 aliphatic carbocycles. The van der Waals surface area contributed by atoms with Crippen LogP contribution in [0.25, 0.3) is 10.9 Å². The van der Waals surface area contributed by atoms with E-state index >= 15 is 0 Å². The van der Waals surface area contributed by atoms with Gasteiger partial charge in [-0.25, -0.2) is 4.79 Å². The van der Waals surface area contributed by atoms with Gasteiger partial charge in [-0.15, -0.1) is 0 Å². The highest BCUT2D eigenvalue weighted by Gasteiger charge is 2.15. The molecule has 0 aliphatic rings. The van der Waals surface area contributed by atoms with E-state index in [0.29, 0.717) is 6.61 Å². The summed E-state index contributed by atoms with van der Waals surface area (Å²) in [6, 6.07) is 5.72. The van der Waals surface area contributed by atoms with Crippen molar-refractivity contribution in [1.82, 2.24) is 9.47 Å². The lowest BCUT2D eigenvalue weighted by Gasteiger charge is -2.08. The SMILES string of the molecule is CCOC(=O)n1cc(CCN(C)C)c2cc(OC)ccc21. The van der Waals surface area contributed by atoms with E-state index < -0.39 is 0 Å². The summed E-state index contributed by atoms with van der Waals surface area (Å²) < 4.78 is 12.0. The van der Waals surface area contributed by atoms with Crippen molar-refractivity contribution in [3.05, 3.63) is 30.0 Å². The Morgan fingerprint density at radius 2 is 2.10 bits per heavy atom. The highest BCUT2D eigenvalue weighted by molar-refractivity contribution is 5.92. The van der Waals surface area contributed by atoms with Crippen LogP contribution in [0.3, 0.4) is 0 Å². The summed E-state index contributed by atoms with van der Waals surface area (Å²) in [6.07, 6.45) is 2.39. The van der Waals surface area contributed by atoms with Crippen molar-refractivity contribution in [2.45, 2.75) is 13.3 Å². The van der Waals surface area contributed by atoms with Crippen molar-refractivity contribution in [3.8, 4) is 5.75 Å². The topological polar surface area (TPSA) is 43.7 Å². The molecular weight excluding hydrogens is 268 g/mol. The summed E-state index contributed by atoms with van der Waals surface area (Å²) in [7, 11) is 5.71. The number of hydrogen-bond acceptors (Lipinski definition) is 4. The molecule has 21 heavy (non-hydrogen) atoms. The highest BCUT2D eigenvalue weighted by Crippen LogP contribution is 2.26. The van der Waals surface area contributed by atoms with Crippen LogP contribution in [0.5, 0.6) is 5.75 Å². The minimum atomic E-state index is -0.344. The summed E-state index contributed by atoms with van der Waals surface area (Å²) in [5, 5.41) is 1.03. The monoisotopic (exact) mass is 290 g/mol. The molecule has 0 fully saturated rings. The Kier molecular flexibility index (Phi) is 4.85. The van der Waals surface area contributed by atoms with Crippen molar-refractivity contribution in [1.29, 1.82) is 0 Å². The Hall–Kier alpha value is -2.01. The van der Waals surface area contributed by atoms with E-state index in [0.717, 1.165) is 35.2 Å². The first kappa shape index (κ1) is 15.4. The number of aromatic nitrogens is 1. The number of hydrogen-bond donors (Lipinski definition) is 0. The summed E-state index contributed by atoms with van der Waals surface area (Å²) in [4.78, 5) is 14.2. The zero-order chi connectivity index (χ0) is 15.4. The average molecular weight is 290 g/mol. The normalized spacial score (nSPS) is 11.1. The molecule has 0 atom stereocenters. The van der Waals surface area contributed by atoms with Crippen LogP contribution >= 0.6 is 0 Å². The van der Waals surface area contributed by atoms with Crippen LogP contribution < -0.4 is 4.74 Å². The zero-order valence-electron chi connectivity index (χ0n) is 13.0. The van der Waals surface area contributed by atoms with Gasteiger partial charge in [0.2, 0.25) is 0 Å². The van der Waals surface area contributed by atoms with Gasteiger partial charge in [0.25, 0.3) is 0 Å². The van der Waals surface area contributed by atoms with Gasteiger partial charge in [-0.3, -0.25) is 4.57 Å². The number of carbonyl (C=O) groups excluding carboxylic acids is 1.